The molecule has 2 aliphatic rings. The Hall–Kier alpha value is -1.34. The first kappa shape index (κ1) is 16.0. The minimum atomic E-state index is -0.812. The number of amides is 2. The number of carbonyl (C=O) groups excluding carboxylic acids is 1. The van der Waals surface area contributed by atoms with Gasteiger partial charge in [0.15, 0.2) is 0 Å². The van der Waals surface area contributed by atoms with Crippen LogP contribution in [0.15, 0.2) is 0 Å². The van der Waals surface area contributed by atoms with E-state index in [1.165, 1.54) is 0 Å². The summed E-state index contributed by atoms with van der Waals surface area (Å²) in [5, 5.41) is 21.1. The fourth-order valence-electron chi connectivity index (χ4n) is 2.99. The molecule has 0 radical (unpaired) electrons. The quantitative estimate of drug-likeness (QED) is 0.646. The van der Waals surface area contributed by atoms with Crippen molar-refractivity contribution in [1.29, 1.82) is 0 Å². The maximum Gasteiger partial charge on any atom is 0.317 e. The lowest BCUT2D eigenvalue weighted by atomic mass is 9.85. The number of aliphatic hydroxyl groups is 1. The summed E-state index contributed by atoms with van der Waals surface area (Å²) in [7, 11) is 1.75. The molecule has 0 saturated heterocycles. The van der Waals surface area contributed by atoms with Gasteiger partial charge in [-0.05, 0) is 32.2 Å². The van der Waals surface area contributed by atoms with E-state index in [9.17, 15) is 14.7 Å². The molecule has 7 heteroatoms. The van der Waals surface area contributed by atoms with E-state index in [1.54, 1.807) is 11.9 Å². The highest BCUT2D eigenvalue weighted by atomic mass is 16.4. The number of carboxylic acids is 1. The predicted molar refractivity (Wildman–Crippen MR) is 77.0 cm³/mol. The SMILES string of the molecule is CCN(CC(=O)O)C1CC(NC(=O)N(C)C2CC(O)C2)C1. The molecule has 2 saturated carbocycles. The van der Waals surface area contributed by atoms with E-state index in [1.807, 2.05) is 11.8 Å². The lowest BCUT2D eigenvalue weighted by Crippen LogP contribution is -2.58. The smallest absolute Gasteiger partial charge is 0.317 e. The van der Waals surface area contributed by atoms with E-state index >= 15 is 0 Å². The second-order valence-corrected chi connectivity index (χ2v) is 6.12. The van der Waals surface area contributed by atoms with Crippen molar-refractivity contribution in [3.63, 3.8) is 0 Å². The van der Waals surface area contributed by atoms with Crippen LogP contribution in [0.1, 0.15) is 32.6 Å². The Morgan fingerprint density at radius 2 is 1.81 bits per heavy atom. The third-order valence-electron chi connectivity index (χ3n) is 4.66. The second kappa shape index (κ2) is 6.62. The van der Waals surface area contributed by atoms with E-state index in [4.69, 9.17) is 5.11 Å². The molecule has 2 fully saturated rings. The number of hydrogen-bond donors (Lipinski definition) is 3. The molecule has 21 heavy (non-hydrogen) atoms. The molecule has 120 valence electrons. The number of hydrogen-bond acceptors (Lipinski definition) is 4. The third kappa shape index (κ3) is 3.85. The van der Waals surface area contributed by atoms with Crippen LogP contribution in [-0.2, 0) is 4.79 Å². The van der Waals surface area contributed by atoms with Crippen LogP contribution in [0.5, 0.6) is 0 Å². The van der Waals surface area contributed by atoms with Crippen molar-refractivity contribution in [3.8, 4) is 0 Å². The molecular weight excluding hydrogens is 274 g/mol. The summed E-state index contributed by atoms with van der Waals surface area (Å²) in [6.07, 6.45) is 2.63. The number of carboxylic acid groups (broad SMARTS) is 1. The van der Waals surface area contributed by atoms with Gasteiger partial charge >= 0.3 is 12.0 Å². The molecule has 0 heterocycles. The van der Waals surface area contributed by atoms with Crippen LogP contribution in [0.25, 0.3) is 0 Å². The van der Waals surface area contributed by atoms with E-state index in [0.29, 0.717) is 19.4 Å². The number of aliphatic carboxylic acids is 1. The van der Waals surface area contributed by atoms with Gasteiger partial charge in [0.05, 0.1) is 12.6 Å². The average Bonchev–Trinajstić information content (AvgIpc) is 2.35. The van der Waals surface area contributed by atoms with Crippen molar-refractivity contribution in [1.82, 2.24) is 15.1 Å². The van der Waals surface area contributed by atoms with Gasteiger partial charge in [-0.2, -0.15) is 0 Å². The first-order valence-corrected chi connectivity index (χ1v) is 7.58. The largest absolute Gasteiger partial charge is 0.480 e. The van der Waals surface area contributed by atoms with Gasteiger partial charge in [-0.25, -0.2) is 4.79 Å². The Balaban J connectivity index is 1.69. The van der Waals surface area contributed by atoms with Crippen molar-refractivity contribution < 1.29 is 19.8 Å². The number of rotatable bonds is 6. The van der Waals surface area contributed by atoms with Gasteiger partial charge in [0, 0.05) is 25.2 Å². The molecule has 0 aromatic carbocycles. The molecule has 2 amide bonds. The maximum atomic E-state index is 12.0. The van der Waals surface area contributed by atoms with E-state index in [0.717, 1.165) is 12.8 Å². The summed E-state index contributed by atoms with van der Waals surface area (Å²) in [6.45, 7) is 2.71. The van der Waals surface area contributed by atoms with Gasteiger partial charge in [-0.3, -0.25) is 9.69 Å². The Morgan fingerprint density at radius 1 is 1.19 bits per heavy atom. The zero-order valence-electron chi connectivity index (χ0n) is 12.7. The standard InChI is InChI=1S/C14H25N3O4/c1-3-17(8-13(19)20)11-4-9(5-11)15-14(21)16(2)10-6-12(18)7-10/h9-12,18H,3-8H2,1-2H3,(H,15,21)(H,19,20). The fourth-order valence-corrected chi connectivity index (χ4v) is 2.99. The molecule has 0 unspecified atom stereocenters. The van der Waals surface area contributed by atoms with Crippen LogP contribution < -0.4 is 5.32 Å². The van der Waals surface area contributed by atoms with Crippen LogP contribution >= 0.6 is 0 Å². The number of nitrogens with zero attached hydrogens (tertiary/aromatic N) is 2. The first-order chi connectivity index (χ1) is 9.90. The van der Waals surface area contributed by atoms with Gasteiger partial charge in [-0.1, -0.05) is 6.92 Å². The molecule has 0 spiro atoms. The Labute approximate surface area is 124 Å². The van der Waals surface area contributed by atoms with E-state index < -0.39 is 5.97 Å². The molecule has 0 aliphatic heterocycles. The monoisotopic (exact) mass is 299 g/mol. The van der Waals surface area contributed by atoms with Gasteiger partial charge in [0.2, 0.25) is 0 Å². The third-order valence-corrected chi connectivity index (χ3v) is 4.66. The van der Waals surface area contributed by atoms with Crippen molar-refractivity contribution in [3.05, 3.63) is 0 Å². The summed E-state index contributed by atoms with van der Waals surface area (Å²) in [4.78, 5) is 26.4. The summed E-state index contributed by atoms with van der Waals surface area (Å²) in [5.41, 5.74) is 0. The van der Waals surface area contributed by atoms with Gasteiger partial charge in [0.1, 0.15) is 0 Å². The molecular formula is C14H25N3O4. The molecule has 0 atom stereocenters. The lowest BCUT2D eigenvalue weighted by molar-refractivity contribution is -0.139. The highest BCUT2D eigenvalue weighted by Gasteiger charge is 2.37. The zero-order chi connectivity index (χ0) is 15.6. The van der Waals surface area contributed by atoms with Gasteiger partial charge in [-0.15, -0.1) is 0 Å². The van der Waals surface area contributed by atoms with Crippen molar-refractivity contribution >= 4 is 12.0 Å². The number of aliphatic hydroxyl groups excluding tert-OH is 1. The average molecular weight is 299 g/mol. The molecule has 0 aromatic heterocycles. The van der Waals surface area contributed by atoms with E-state index in [-0.39, 0.29) is 36.8 Å². The minimum Gasteiger partial charge on any atom is -0.480 e. The summed E-state index contributed by atoms with van der Waals surface area (Å²) >= 11 is 0. The predicted octanol–water partition coefficient (Wildman–Crippen LogP) is 0.0886. The van der Waals surface area contributed by atoms with Crippen LogP contribution in [0.3, 0.4) is 0 Å². The summed E-state index contributed by atoms with van der Waals surface area (Å²) < 4.78 is 0. The van der Waals surface area contributed by atoms with Crippen LogP contribution in [0.2, 0.25) is 0 Å². The number of carbonyl (C=O) groups is 2. The van der Waals surface area contributed by atoms with Crippen molar-refractivity contribution in [2.24, 2.45) is 0 Å². The lowest BCUT2D eigenvalue weighted by Gasteiger charge is -2.44. The molecule has 2 rings (SSSR count). The number of nitrogens with one attached hydrogen (secondary N) is 1. The Bertz CT molecular complexity index is 392. The molecule has 0 aromatic rings. The topological polar surface area (TPSA) is 93.1 Å². The summed E-state index contributed by atoms with van der Waals surface area (Å²) in [5.74, 6) is -0.812. The Kier molecular flexibility index (Phi) is 5.05. The van der Waals surface area contributed by atoms with Crippen molar-refractivity contribution in [2.45, 2.75) is 56.8 Å². The fraction of sp³-hybridized carbons (Fsp3) is 0.857. The van der Waals surface area contributed by atoms with Crippen LogP contribution in [-0.4, -0.2) is 76.4 Å². The second-order valence-electron chi connectivity index (χ2n) is 6.12. The molecule has 2 aliphatic carbocycles. The Morgan fingerprint density at radius 3 is 2.29 bits per heavy atom. The summed E-state index contributed by atoms with van der Waals surface area (Å²) in [6, 6.07) is 0.400. The van der Waals surface area contributed by atoms with Gasteiger partial charge < -0.3 is 20.4 Å². The van der Waals surface area contributed by atoms with Crippen molar-refractivity contribution in [2.75, 3.05) is 20.1 Å². The maximum absolute atomic E-state index is 12.0. The highest BCUT2D eigenvalue weighted by molar-refractivity contribution is 5.75. The van der Waals surface area contributed by atoms with Gasteiger partial charge in [0.25, 0.3) is 0 Å². The normalized spacial score (nSPS) is 31.2. The first-order valence-electron chi connectivity index (χ1n) is 7.58. The number of likely N-dealkylation sites (N-methyl/N-ethyl adjacent to an activating group) is 1. The molecule has 3 N–H and O–H groups in total. The van der Waals surface area contributed by atoms with Crippen LogP contribution in [0, 0.1) is 0 Å². The molecule has 0 bridgehead atoms. The zero-order valence-corrected chi connectivity index (χ0v) is 12.7. The van der Waals surface area contributed by atoms with E-state index in [2.05, 4.69) is 5.32 Å². The minimum absolute atomic E-state index is 0.0572. The highest BCUT2D eigenvalue weighted by Crippen LogP contribution is 2.27. The molecule has 7 nitrogen and oxygen atoms in total. The van der Waals surface area contributed by atoms with Crippen LogP contribution in [0.4, 0.5) is 4.79 Å². The number of urea groups is 1.